The summed E-state index contributed by atoms with van der Waals surface area (Å²) < 4.78 is 9.22. The topological polar surface area (TPSA) is 61.1 Å². The summed E-state index contributed by atoms with van der Waals surface area (Å²) in [5, 5.41) is 7.91. The van der Waals surface area contributed by atoms with E-state index in [9.17, 15) is 4.79 Å². The number of nitrogens with zero attached hydrogens (tertiary/aromatic N) is 3. The minimum absolute atomic E-state index is 0.0306. The lowest BCUT2D eigenvalue weighted by Crippen LogP contribution is -2.37. The lowest BCUT2D eigenvalue weighted by Gasteiger charge is -2.36. The van der Waals surface area contributed by atoms with Gasteiger partial charge in [-0.2, -0.15) is 5.10 Å². The Morgan fingerprint density at radius 1 is 1.28 bits per heavy atom. The summed E-state index contributed by atoms with van der Waals surface area (Å²) in [6, 6.07) is 9.86. The molecule has 29 heavy (non-hydrogen) atoms. The van der Waals surface area contributed by atoms with Gasteiger partial charge in [0.15, 0.2) is 0 Å². The van der Waals surface area contributed by atoms with Gasteiger partial charge in [0.1, 0.15) is 5.75 Å². The van der Waals surface area contributed by atoms with Gasteiger partial charge in [-0.15, -0.1) is 0 Å². The molecule has 2 heterocycles. The van der Waals surface area contributed by atoms with Gasteiger partial charge >= 0.3 is 0 Å². The van der Waals surface area contributed by atoms with Crippen molar-refractivity contribution in [2.75, 3.05) is 7.11 Å². The maximum Gasteiger partial charge on any atom is 0.224 e. The van der Waals surface area contributed by atoms with E-state index in [1.165, 1.54) is 0 Å². The van der Waals surface area contributed by atoms with Crippen LogP contribution in [0.4, 0.5) is 0 Å². The first kappa shape index (κ1) is 19.3. The molecular formula is C23H28N4O2. The molecule has 1 aliphatic carbocycles. The van der Waals surface area contributed by atoms with Crippen LogP contribution in [0, 0.1) is 5.41 Å². The van der Waals surface area contributed by atoms with Crippen molar-refractivity contribution in [2.24, 2.45) is 12.5 Å². The Bertz CT molecular complexity index is 1010. The smallest absolute Gasteiger partial charge is 0.224 e. The SMILES string of the molecule is COc1ccc(-n2ncc3c2CC(C)(C)CC3NC(=O)Cc2ccn(C)c2)cc1. The third kappa shape index (κ3) is 4.06. The lowest BCUT2D eigenvalue weighted by molar-refractivity contribution is -0.121. The Morgan fingerprint density at radius 2 is 2.03 bits per heavy atom. The normalized spacial score (nSPS) is 17.6. The molecule has 6 nitrogen and oxygen atoms in total. The Balaban J connectivity index is 1.59. The second-order valence-electron chi connectivity index (χ2n) is 8.68. The van der Waals surface area contributed by atoms with E-state index in [0.717, 1.165) is 41.1 Å². The number of aryl methyl sites for hydroxylation is 1. The molecule has 1 atom stereocenters. The van der Waals surface area contributed by atoms with Crippen molar-refractivity contribution in [3.63, 3.8) is 0 Å². The molecule has 1 N–H and O–H groups in total. The summed E-state index contributed by atoms with van der Waals surface area (Å²) in [6.07, 6.45) is 8.05. The molecule has 1 aliphatic rings. The number of fused-ring (bicyclic) bond motifs is 1. The fraction of sp³-hybridized carbons (Fsp3) is 0.391. The number of methoxy groups -OCH3 is 1. The van der Waals surface area contributed by atoms with Crippen LogP contribution in [0.2, 0.25) is 0 Å². The number of rotatable bonds is 5. The Hall–Kier alpha value is -3.02. The minimum atomic E-state index is -0.0306. The summed E-state index contributed by atoms with van der Waals surface area (Å²) in [5.74, 6) is 0.864. The van der Waals surface area contributed by atoms with Gasteiger partial charge in [-0.25, -0.2) is 4.68 Å². The third-order valence-corrected chi connectivity index (χ3v) is 5.59. The molecule has 3 aromatic rings. The lowest BCUT2D eigenvalue weighted by atomic mass is 9.74. The number of aromatic nitrogens is 3. The predicted octanol–water partition coefficient (Wildman–Crippen LogP) is 3.59. The van der Waals surface area contributed by atoms with Crippen LogP contribution < -0.4 is 10.1 Å². The average Bonchev–Trinajstić information content (AvgIpc) is 3.27. The van der Waals surface area contributed by atoms with Crippen molar-refractivity contribution in [1.29, 1.82) is 0 Å². The molecule has 0 spiro atoms. The summed E-state index contributed by atoms with van der Waals surface area (Å²) in [7, 11) is 3.63. The largest absolute Gasteiger partial charge is 0.497 e. The third-order valence-electron chi connectivity index (χ3n) is 5.59. The maximum atomic E-state index is 12.7. The number of nitrogens with one attached hydrogen (secondary N) is 1. The number of ether oxygens (including phenoxy) is 1. The van der Waals surface area contributed by atoms with E-state index in [2.05, 4.69) is 24.3 Å². The Labute approximate surface area is 171 Å². The van der Waals surface area contributed by atoms with E-state index >= 15 is 0 Å². The predicted molar refractivity (Wildman–Crippen MR) is 112 cm³/mol. The van der Waals surface area contributed by atoms with Gasteiger partial charge in [0.25, 0.3) is 0 Å². The molecule has 0 fully saturated rings. The summed E-state index contributed by atoms with van der Waals surface area (Å²) in [6.45, 7) is 4.50. The van der Waals surface area contributed by atoms with Gasteiger partial charge in [-0.3, -0.25) is 4.79 Å². The maximum absolute atomic E-state index is 12.7. The second kappa shape index (κ2) is 7.43. The van der Waals surface area contributed by atoms with E-state index in [1.54, 1.807) is 7.11 Å². The fourth-order valence-electron chi connectivity index (χ4n) is 4.21. The molecule has 0 saturated carbocycles. The van der Waals surface area contributed by atoms with Gasteiger partial charge in [-0.05, 0) is 54.2 Å². The first-order valence-electron chi connectivity index (χ1n) is 9.96. The average molecular weight is 393 g/mol. The molecular weight excluding hydrogens is 364 g/mol. The van der Waals surface area contributed by atoms with Gasteiger partial charge in [0.2, 0.25) is 5.91 Å². The van der Waals surface area contributed by atoms with Gasteiger partial charge in [-0.1, -0.05) is 13.8 Å². The zero-order chi connectivity index (χ0) is 20.6. The molecule has 0 saturated heterocycles. The van der Waals surface area contributed by atoms with Crippen molar-refractivity contribution >= 4 is 5.91 Å². The van der Waals surface area contributed by atoms with E-state index in [1.807, 2.05) is 65.2 Å². The Kier molecular flexibility index (Phi) is 4.94. The molecule has 4 rings (SSSR count). The van der Waals surface area contributed by atoms with Crippen LogP contribution in [-0.4, -0.2) is 27.4 Å². The van der Waals surface area contributed by atoms with Crippen LogP contribution in [0.25, 0.3) is 5.69 Å². The number of hydrogen-bond acceptors (Lipinski definition) is 3. The number of carbonyl (C=O) groups excluding carboxylic acids is 1. The van der Waals surface area contributed by atoms with Crippen molar-refractivity contribution in [3.05, 3.63) is 65.7 Å². The van der Waals surface area contributed by atoms with Crippen molar-refractivity contribution < 1.29 is 9.53 Å². The van der Waals surface area contributed by atoms with Crippen molar-refractivity contribution in [1.82, 2.24) is 19.7 Å². The minimum Gasteiger partial charge on any atom is -0.497 e. The second-order valence-corrected chi connectivity index (χ2v) is 8.68. The standard InChI is InChI=1S/C23H28N4O2/c1-23(2)12-20(25-22(28)11-16-9-10-26(3)15-16)19-14-24-27(21(19)13-23)17-5-7-18(29-4)8-6-17/h5-10,14-15,20H,11-13H2,1-4H3,(H,25,28). The summed E-state index contributed by atoms with van der Waals surface area (Å²) in [5.41, 5.74) is 4.37. The molecule has 1 amide bonds. The van der Waals surface area contributed by atoms with Gasteiger partial charge in [0.05, 0.1) is 37.2 Å². The molecule has 0 radical (unpaired) electrons. The van der Waals surface area contributed by atoms with E-state index in [0.29, 0.717) is 6.42 Å². The highest BCUT2D eigenvalue weighted by Crippen LogP contribution is 2.41. The highest BCUT2D eigenvalue weighted by atomic mass is 16.5. The van der Waals surface area contributed by atoms with Crippen LogP contribution in [0.3, 0.4) is 0 Å². The molecule has 0 bridgehead atoms. The van der Waals surface area contributed by atoms with Crippen LogP contribution in [-0.2, 0) is 24.7 Å². The number of benzene rings is 1. The summed E-state index contributed by atoms with van der Waals surface area (Å²) >= 11 is 0. The molecule has 152 valence electrons. The number of carbonyl (C=O) groups is 1. The number of amides is 1. The molecule has 0 aliphatic heterocycles. The van der Waals surface area contributed by atoms with E-state index < -0.39 is 0 Å². The first-order chi connectivity index (χ1) is 13.8. The zero-order valence-corrected chi connectivity index (χ0v) is 17.5. The first-order valence-corrected chi connectivity index (χ1v) is 9.96. The molecule has 1 unspecified atom stereocenters. The van der Waals surface area contributed by atoms with Crippen molar-refractivity contribution in [3.8, 4) is 11.4 Å². The molecule has 2 aromatic heterocycles. The van der Waals surface area contributed by atoms with E-state index in [-0.39, 0.29) is 17.4 Å². The quantitative estimate of drug-likeness (QED) is 0.722. The molecule has 1 aromatic carbocycles. The van der Waals surface area contributed by atoms with Crippen LogP contribution in [0.1, 0.15) is 43.1 Å². The number of hydrogen-bond donors (Lipinski definition) is 1. The Morgan fingerprint density at radius 3 is 2.69 bits per heavy atom. The highest BCUT2D eigenvalue weighted by molar-refractivity contribution is 5.79. The van der Waals surface area contributed by atoms with Crippen LogP contribution >= 0.6 is 0 Å². The van der Waals surface area contributed by atoms with E-state index in [4.69, 9.17) is 4.74 Å². The molecule has 6 heteroatoms. The zero-order valence-electron chi connectivity index (χ0n) is 17.5. The summed E-state index contributed by atoms with van der Waals surface area (Å²) in [4.78, 5) is 12.7. The highest BCUT2D eigenvalue weighted by Gasteiger charge is 2.36. The monoisotopic (exact) mass is 392 g/mol. The van der Waals surface area contributed by atoms with Gasteiger partial charge in [0, 0.05) is 25.0 Å². The van der Waals surface area contributed by atoms with Gasteiger partial charge < -0.3 is 14.6 Å². The fourth-order valence-corrected chi connectivity index (χ4v) is 4.21. The van der Waals surface area contributed by atoms with Crippen LogP contribution in [0.5, 0.6) is 5.75 Å². The van der Waals surface area contributed by atoms with Crippen LogP contribution in [0.15, 0.2) is 48.9 Å². The van der Waals surface area contributed by atoms with Crippen molar-refractivity contribution in [2.45, 2.75) is 39.2 Å².